The van der Waals surface area contributed by atoms with Crippen molar-refractivity contribution in [2.24, 2.45) is 0 Å². The number of hydrogen-bond donors (Lipinski definition) is 2. The molecule has 0 aliphatic rings. The Kier molecular flexibility index (Phi) is 3.73. The molecule has 4 aromatic rings. The smallest absolute Gasteiger partial charge is 0.182 e. The van der Waals surface area contributed by atoms with Crippen molar-refractivity contribution in [1.29, 1.82) is 0 Å². The molecule has 0 atom stereocenters. The number of benzene rings is 1. The van der Waals surface area contributed by atoms with E-state index < -0.39 is 5.82 Å². The third-order valence-electron chi connectivity index (χ3n) is 4.15. The van der Waals surface area contributed by atoms with Gasteiger partial charge in [0.25, 0.3) is 0 Å². The van der Waals surface area contributed by atoms with Gasteiger partial charge in [-0.15, -0.1) is 0 Å². The maximum absolute atomic E-state index is 15.0. The zero-order valence-corrected chi connectivity index (χ0v) is 15.0. The normalized spacial score (nSPS) is 11.5. The van der Waals surface area contributed by atoms with Gasteiger partial charge < -0.3 is 10.6 Å². The molecule has 3 N–H and O–H groups in total. The first-order valence-electron chi connectivity index (χ1n) is 7.59. The van der Waals surface area contributed by atoms with Gasteiger partial charge in [0.1, 0.15) is 16.0 Å². The highest BCUT2D eigenvalue weighted by Gasteiger charge is 2.23. The topological polar surface area (TPSA) is 83.7 Å². The van der Waals surface area contributed by atoms with Crippen LogP contribution < -0.4 is 10.6 Å². The van der Waals surface area contributed by atoms with E-state index in [-0.39, 0.29) is 5.02 Å². The molecule has 0 amide bonds. The van der Waals surface area contributed by atoms with Crippen molar-refractivity contribution in [3.63, 3.8) is 0 Å². The quantitative estimate of drug-likeness (QED) is 0.563. The molecule has 0 saturated carbocycles. The molecule has 9 heteroatoms. The second kappa shape index (κ2) is 5.82. The molecule has 0 radical (unpaired) electrons. The third-order valence-corrected chi connectivity index (χ3v) is 5.30. The van der Waals surface area contributed by atoms with Crippen LogP contribution in [0.25, 0.3) is 32.5 Å². The van der Waals surface area contributed by atoms with E-state index in [4.69, 9.17) is 17.3 Å². The molecule has 25 heavy (non-hydrogen) atoms. The number of H-pyrrole nitrogens is 1. The molecule has 0 aliphatic heterocycles. The average molecular weight is 377 g/mol. The molecular weight excluding hydrogens is 363 g/mol. The zero-order valence-electron chi connectivity index (χ0n) is 13.5. The van der Waals surface area contributed by atoms with Gasteiger partial charge in [0.05, 0.1) is 22.4 Å². The van der Waals surface area contributed by atoms with Gasteiger partial charge in [0.2, 0.25) is 0 Å². The SMILES string of the molecule is CCN(C)c1c(F)c(Cl)c(-c2ccc3nc(N)sc3n2)c2cn[nH]c12. The number of thiazole rings is 1. The molecule has 0 aliphatic carbocycles. The predicted molar refractivity (Wildman–Crippen MR) is 101 cm³/mol. The number of fused-ring (bicyclic) bond motifs is 2. The molecular formula is C16H14ClFN6S. The molecule has 128 valence electrons. The fourth-order valence-corrected chi connectivity index (χ4v) is 3.83. The van der Waals surface area contributed by atoms with Crippen molar-refractivity contribution in [1.82, 2.24) is 20.2 Å². The van der Waals surface area contributed by atoms with Crippen molar-refractivity contribution in [3.8, 4) is 11.3 Å². The summed E-state index contributed by atoms with van der Waals surface area (Å²) in [6.07, 6.45) is 1.63. The first kappa shape index (κ1) is 16.0. The molecule has 3 heterocycles. The number of halogens is 2. The number of hydrogen-bond acceptors (Lipinski definition) is 6. The number of nitrogens with zero attached hydrogens (tertiary/aromatic N) is 4. The monoisotopic (exact) mass is 376 g/mol. The van der Waals surface area contributed by atoms with E-state index >= 15 is 4.39 Å². The van der Waals surface area contributed by atoms with Crippen LogP contribution in [0.2, 0.25) is 5.02 Å². The van der Waals surface area contributed by atoms with Gasteiger partial charge >= 0.3 is 0 Å². The molecule has 3 aromatic heterocycles. The summed E-state index contributed by atoms with van der Waals surface area (Å²) in [4.78, 5) is 11.2. The molecule has 1 aromatic carbocycles. The molecule has 4 rings (SSSR count). The zero-order chi connectivity index (χ0) is 17.7. The molecule has 0 saturated heterocycles. The van der Waals surface area contributed by atoms with Gasteiger partial charge in [0, 0.05) is 24.5 Å². The van der Waals surface area contributed by atoms with Crippen molar-refractivity contribution in [2.45, 2.75) is 6.92 Å². The summed E-state index contributed by atoms with van der Waals surface area (Å²) in [5.74, 6) is -0.497. The third kappa shape index (κ3) is 2.40. The highest BCUT2D eigenvalue weighted by Crippen LogP contribution is 2.42. The fraction of sp³-hybridized carbons (Fsp3) is 0.188. The summed E-state index contributed by atoms with van der Waals surface area (Å²) in [5.41, 5.74) is 8.48. The maximum Gasteiger partial charge on any atom is 0.182 e. The van der Waals surface area contributed by atoms with Crippen LogP contribution in [0, 0.1) is 5.82 Å². The van der Waals surface area contributed by atoms with Gasteiger partial charge in [-0.05, 0) is 19.1 Å². The number of pyridine rings is 1. The Morgan fingerprint density at radius 2 is 2.16 bits per heavy atom. The van der Waals surface area contributed by atoms with Gasteiger partial charge in [-0.2, -0.15) is 5.10 Å². The largest absolute Gasteiger partial charge is 0.375 e. The van der Waals surface area contributed by atoms with Gasteiger partial charge in [-0.25, -0.2) is 14.4 Å². The van der Waals surface area contributed by atoms with Crippen molar-refractivity contribution in [2.75, 3.05) is 24.2 Å². The number of nitrogens with two attached hydrogens (primary N) is 1. The summed E-state index contributed by atoms with van der Waals surface area (Å²) >= 11 is 7.68. The second-order valence-electron chi connectivity index (χ2n) is 5.60. The first-order valence-corrected chi connectivity index (χ1v) is 8.79. The molecule has 6 nitrogen and oxygen atoms in total. The Labute approximate surface area is 151 Å². The Morgan fingerprint density at radius 1 is 1.36 bits per heavy atom. The first-order chi connectivity index (χ1) is 12.0. The Hall–Kier alpha value is -2.45. The molecule has 0 unspecified atom stereocenters. The van der Waals surface area contributed by atoms with Gasteiger partial charge in [-0.3, -0.25) is 5.10 Å². The van der Waals surface area contributed by atoms with Crippen LogP contribution in [0.15, 0.2) is 18.3 Å². The average Bonchev–Trinajstić information content (AvgIpc) is 3.20. The Morgan fingerprint density at radius 3 is 2.92 bits per heavy atom. The highest BCUT2D eigenvalue weighted by atomic mass is 35.5. The number of aromatic nitrogens is 4. The van der Waals surface area contributed by atoms with Crippen LogP contribution in [-0.4, -0.2) is 33.8 Å². The van der Waals surface area contributed by atoms with E-state index in [1.165, 1.54) is 11.3 Å². The second-order valence-corrected chi connectivity index (χ2v) is 6.98. The Balaban J connectivity index is 2.04. The lowest BCUT2D eigenvalue weighted by atomic mass is 10.0. The standard InChI is InChI=1S/C16H14ClFN6S/c1-3-24(2)14-12(18)11(17)10(7-6-20-23-13(7)14)8-4-5-9-15(21-8)25-16(19)22-9/h4-6H,3H2,1-2H3,(H2,19,22)(H,20,23). The van der Waals surface area contributed by atoms with E-state index in [0.717, 1.165) is 0 Å². The number of aromatic amines is 1. The van der Waals surface area contributed by atoms with Crippen molar-refractivity contribution >= 4 is 55.0 Å². The molecule has 0 bridgehead atoms. The number of anilines is 2. The number of nitrogens with one attached hydrogen (secondary N) is 1. The summed E-state index contributed by atoms with van der Waals surface area (Å²) in [6.45, 7) is 2.57. The number of rotatable bonds is 3. The summed E-state index contributed by atoms with van der Waals surface area (Å²) < 4.78 is 15.0. The minimum atomic E-state index is -0.497. The van der Waals surface area contributed by atoms with E-state index in [1.54, 1.807) is 30.3 Å². The molecule has 0 spiro atoms. The van der Waals surface area contributed by atoms with Crippen molar-refractivity contribution in [3.05, 3.63) is 29.2 Å². The summed E-state index contributed by atoms with van der Waals surface area (Å²) in [5, 5.41) is 8.13. The lowest BCUT2D eigenvalue weighted by molar-refractivity contribution is 0.626. The van der Waals surface area contributed by atoms with E-state index in [9.17, 15) is 0 Å². The predicted octanol–water partition coefficient (Wildman–Crippen LogP) is 4.07. The van der Waals surface area contributed by atoms with E-state index in [1.807, 2.05) is 6.92 Å². The van der Waals surface area contributed by atoms with E-state index in [0.29, 0.717) is 49.9 Å². The van der Waals surface area contributed by atoms with Crippen LogP contribution in [0.3, 0.4) is 0 Å². The van der Waals surface area contributed by atoms with Crippen molar-refractivity contribution < 1.29 is 4.39 Å². The maximum atomic E-state index is 15.0. The minimum absolute atomic E-state index is 0.0218. The minimum Gasteiger partial charge on any atom is -0.375 e. The summed E-state index contributed by atoms with van der Waals surface area (Å²) in [7, 11) is 1.80. The highest BCUT2D eigenvalue weighted by molar-refractivity contribution is 7.21. The van der Waals surface area contributed by atoms with Gasteiger partial charge in [-0.1, -0.05) is 22.9 Å². The van der Waals surface area contributed by atoms with Crippen LogP contribution in [0.5, 0.6) is 0 Å². The van der Waals surface area contributed by atoms with Crippen LogP contribution >= 0.6 is 22.9 Å². The van der Waals surface area contributed by atoms with E-state index in [2.05, 4.69) is 20.2 Å². The number of nitrogen functional groups attached to an aromatic ring is 1. The lowest BCUT2D eigenvalue weighted by Crippen LogP contribution is -2.18. The van der Waals surface area contributed by atoms with Crippen LogP contribution in [0.4, 0.5) is 15.2 Å². The lowest BCUT2D eigenvalue weighted by Gasteiger charge is -2.20. The summed E-state index contributed by atoms with van der Waals surface area (Å²) in [6, 6.07) is 3.56. The van der Waals surface area contributed by atoms with Gasteiger partial charge in [0.15, 0.2) is 10.9 Å². The fourth-order valence-electron chi connectivity index (χ4n) is 2.84. The Bertz CT molecular complexity index is 1110. The van der Waals surface area contributed by atoms with Crippen LogP contribution in [-0.2, 0) is 0 Å². The molecule has 0 fully saturated rings. The van der Waals surface area contributed by atoms with Crippen LogP contribution in [0.1, 0.15) is 6.92 Å².